The monoisotopic (exact) mass is 381 g/mol. The van der Waals surface area contributed by atoms with E-state index in [2.05, 4.69) is 0 Å². The van der Waals surface area contributed by atoms with Crippen LogP contribution in [0.4, 0.5) is 4.39 Å². The molecule has 0 amide bonds. The van der Waals surface area contributed by atoms with Crippen LogP contribution in [-0.4, -0.2) is 28.0 Å². The Balaban J connectivity index is 1.71. The summed E-state index contributed by atoms with van der Waals surface area (Å²) in [5.41, 5.74) is 3.00. The molecule has 144 valence electrons. The second kappa shape index (κ2) is 8.08. The van der Waals surface area contributed by atoms with Gasteiger partial charge in [-0.2, -0.15) is 0 Å². The molecule has 28 heavy (non-hydrogen) atoms. The zero-order valence-corrected chi connectivity index (χ0v) is 15.6. The number of carbonyl (C=O) groups excluding carboxylic acids is 2. The van der Waals surface area contributed by atoms with Crippen LogP contribution in [0.1, 0.15) is 37.7 Å². The molecule has 0 bridgehead atoms. The number of carbonyl (C=O) groups is 2. The molecule has 0 aliphatic rings. The highest BCUT2D eigenvalue weighted by atomic mass is 19.1. The van der Waals surface area contributed by atoms with Crippen LogP contribution in [0.15, 0.2) is 54.6 Å². The van der Waals surface area contributed by atoms with E-state index >= 15 is 0 Å². The number of phenols is 1. The molecule has 0 aliphatic carbocycles. The SMILES string of the molecule is Cc1cc(C(=O)COC(=O)c2ccccc2O)c(C)n1Cc1ccc(F)cc1. The Morgan fingerprint density at radius 1 is 1.04 bits per heavy atom. The number of para-hydroxylation sites is 1. The zero-order valence-electron chi connectivity index (χ0n) is 15.6. The standard InChI is InChI=1S/C22H20FNO4/c1-14-11-19(15(2)24(14)12-16-7-9-17(23)10-8-16)21(26)13-28-22(27)18-5-3-4-6-20(18)25/h3-11,25H,12-13H2,1-2H3. The van der Waals surface area contributed by atoms with Crippen molar-refractivity contribution in [2.45, 2.75) is 20.4 Å². The number of Topliss-reactive ketones (excluding diaryl/α,β-unsaturated/α-hetero) is 1. The minimum atomic E-state index is -0.758. The first-order valence-corrected chi connectivity index (χ1v) is 8.76. The van der Waals surface area contributed by atoms with Crippen molar-refractivity contribution < 1.29 is 23.8 Å². The molecule has 0 saturated heterocycles. The lowest BCUT2D eigenvalue weighted by atomic mass is 10.1. The Morgan fingerprint density at radius 3 is 2.39 bits per heavy atom. The molecule has 0 saturated carbocycles. The Kier molecular flexibility index (Phi) is 5.59. The van der Waals surface area contributed by atoms with Gasteiger partial charge in [-0.15, -0.1) is 0 Å². The summed E-state index contributed by atoms with van der Waals surface area (Å²) < 4.78 is 20.1. The average molecular weight is 381 g/mol. The number of rotatable bonds is 6. The fourth-order valence-corrected chi connectivity index (χ4v) is 3.03. The number of hydrogen-bond donors (Lipinski definition) is 1. The van der Waals surface area contributed by atoms with Crippen LogP contribution >= 0.6 is 0 Å². The predicted molar refractivity (Wildman–Crippen MR) is 102 cm³/mol. The van der Waals surface area contributed by atoms with Gasteiger partial charge in [-0.25, -0.2) is 9.18 Å². The number of benzene rings is 2. The van der Waals surface area contributed by atoms with Crippen molar-refractivity contribution in [1.29, 1.82) is 0 Å². The van der Waals surface area contributed by atoms with E-state index in [0.29, 0.717) is 12.1 Å². The van der Waals surface area contributed by atoms with E-state index < -0.39 is 12.6 Å². The van der Waals surface area contributed by atoms with Crippen LogP contribution in [0.2, 0.25) is 0 Å². The molecule has 0 atom stereocenters. The zero-order chi connectivity index (χ0) is 20.3. The quantitative estimate of drug-likeness (QED) is 0.517. The molecule has 5 nitrogen and oxygen atoms in total. The first kappa shape index (κ1) is 19.4. The van der Waals surface area contributed by atoms with Gasteiger partial charge in [0.1, 0.15) is 17.1 Å². The van der Waals surface area contributed by atoms with Crippen LogP contribution in [0.3, 0.4) is 0 Å². The average Bonchev–Trinajstić information content (AvgIpc) is 2.96. The fourth-order valence-electron chi connectivity index (χ4n) is 3.03. The molecule has 0 radical (unpaired) electrons. The Bertz CT molecular complexity index is 1020. The molecule has 6 heteroatoms. The molecule has 0 spiro atoms. The maximum atomic E-state index is 13.1. The molecular weight excluding hydrogens is 361 g/mol. The van der Waals surface area contributed by atoms with Crippen LogP contribution in [0.5, 0.6) is 5.75 Å². The third kappa shape index (κ3) is 4.11. The Morgan fingerprint density at radius 2 is 1.71 bits per heavy atom. The van der Waals surface area contributed by atoms with Crippen LogP contribution < -0.4 is 0 Å². The highest BCUT2D eigenvalue weighted by Crippen LogP contribution is 2.20. The number of aromatic nitrogens is 1. The molecule has 1 N–H and O–H groups in total. The summed E-state index contributed by atoms with van der Waals surface area (Å²) in [4.78, 5) is 24.6. The van der Waals surface area contributed by atoms with E-state index in [1.165, 1.54) is 24.3 Å². The van der Waals surface area contributed by atoms with Gasteiger partial charge in [0.15, 0.2) is 6.61 Å². The summed E-state index contributed by atoms with van der Waals surface area (Å²) in [5.74, 6) is -1.59. The number of hydrogen-bond acceptors (Lipinski definition) is 4. The number of ether oxygens (including phenoxy) is 1. The summed E-state index contributed by atoms with van der Waals surface area (Å²) >= 11 is 0. The molecule has 3 aromatic rings. The van der Waals surface area contributed by atoms with Gasteiger partial charge < -0.3 is 14.4 Å². The van der Waals surface area contributed by atoms with Crippen molar-refractivity contribution in [3.63, 3.8) is 0 Å². The molecule has 2 aromatic carbocycles. The summed E-state index contributed by atoms with van der Waals surface area (Å²) in [6.45, 7) is 3.77. The van der Waals surface area contributed by atoms with Crippen molar-refractivity contribution >= 4 is 11.8 Å². The smallest absolute Gasteiger partial charge is 0.342 e. The number of nitrogens with zero attached hydrogens (tertiary/aromatic N) is 1. The van der Waals surface area contributed by atoms with E-state index in [4.69, 9.17) is 4.74 Å². The largest absolute Gasteiger partial charge is 0.507 e. The topological polar surface area (TPSA) is 68.5 Å². The molecule has 0 unspecified atom stereocenters. The molecule has 1 aromatic heterocycles. The van der Waals surface area contributed by atoms with Crippen molar-refractivity contribution in [2.24, 2.45) is 0 Å². The number of ketones is 1. The van der Waals surface area contributed by atoms with E-state index in [9.17, 15) is 19.1 Å². The number of esters is 1. The molecule has 3 rings (SSSR count). The normalized spacial score (nSPS) is 10.7. The van der Waals surface area contributed by atoms with Gasteiger partial charge in [0.25, 0.3) is 0 Å². The van der Waals surface area contributed by atoms with Gasteiger partial charge in [-0.1, -0.05) is 24.3 Å². The van der Waals surface area contributed by atoms with Gasteiger partial charge >= 0.3 is 5.97 Å². The van der Waals surface area contributed by atoms with Crippen molar-refractivity contribution in [2.75, 3.05) is 6.61 Å². The summed E-state index contributed by atoms with van der Waals surface area (Å²) in [5, 5.41) is 9.69. The lowest BCUT2D eigenvalue weighted by Crippen LogP contribution is -2.15. The lowest BCUT2D eigenvalue weighted by Gasteiger charge is -2.10. The van der Waals surface area contributed by atoms with E-state index in [1.807, 2.05) is 18.4 Å². The fraction of sp³-hybridized carbons (Fsp3) is 0.182. The summed E-state index contributed by atoms with van der Waals surface area (Å²) in [7, 11) is 0. The third-order valence-electron chi connectivity index (χ3n) is 4.59. The van der Waals surface area contributed by atoms with Gasteiger partial charge in [0.05, 0.1) is 0 Å². The van der Waals surface area contributed by atoms with Gasteiger partial charge in [0.2, 0.25) is 5.78 Å². The Hall–Kier alpha value is -3.41. The third-order valence-corrected chi connectivity index (χ3v) is 4.59. The lowest BCUT2D eigenvalue weighted by molar-refractivity contribution is 0.0471. The highest BCUT2D eigenvalue weighted by Gasteiger charge is 2.19. The summed E-state index contributed by atoms with van der Waals surface area (Å²) in [6, 6.07) is 13.9. The molecule has 1 heterocycles. The maximum Gasteiger partial charge on any atom is 0.342 e. The minimum absolute atomic E-state index is 0.0112. The molecular formula is C22H20FNO4. The van der Waals surface area contributed by atoms with Crippen LogP contribution in [0, 0.1) is 19.7 Å². The minimum Gasteiger partial charge on any atom is -0.507 e. The van der Waals surface area contributed by atoms with E-state index in [1.54, 1.807) is 30.3 Å². The number of aromatic hydroxyl groups is 1. The van der Waals surface area contributed by atoms with E-state index in [-0.39, 0.29) is 22.9 Å². The number of phenolic OH excluding ortho intramolecular Hbond substituents is 1. The van der Waals surface area contributed by atoms with Gasteiger partial charge in [0, 0.05) is 23.5 Å². The summed E-state index contributed by atoms with van der Waals surface area (Å²) in [6.07, 6.45) is 0. The second-order valence-corrected chi connectivity index (χ2v) is 6.51. The van der Waals surface area contributed by atoms with Crippen molar-refractivity contribution in [1.82, 2.24) is 4.57 Å². The molecule has 0 aliphatic heterocycles. The highest BCUT2D eigenvalue weighted by molar-refractivity contribution is 6.00. The van der Waals surface area contributed by atoms with Gasteiger partial charge in [-0.3, -0.25) is 4.79 Å². The number of halogens is 1. The molecule has 0 fully saturated rings. The predicted octanol–water partition coefficient (Wildman–Crippen LogP) is 4.04. The van der Waals surface area contributed by atoms with Crippen LogP contribution in [0.25, 0.3) is 0 Å². The van der Waals surface area contributed by atoms with Crippen molar-refractivity contribution in [3.8, 4) is 5.75 Å². The van der Waals surface area contributed by atoms with Crippen LogP contribution in [-0.2, 0) is 11.3 Å². The Labute approximate surface area is 162 Å². The second-order valence-electron chi connectivity index (χ2n) is 6.51. The maximum absolute atomic E-state index is 13.1. The van der Waals surface area contributed by atoms with Gasteiger partial charge in [-0.05, 0) is 49.7 Å². The number of aryl methyl sites for hydroxylation is 1. The first-order valence-electron chi connectivity index (χ1n) is 8.76. The first-order chi connectivity index (χ1) is 13.4. The van der Waals surface area contributed by atoms with E-state index in [0.717, 1.165) is 17.0 Å². The van der Waals surface area contributed by atoms with Crippen molar-refractivity contribution in [3.05, 3.63) is 88.5 Å².